The Bertz CT molecular complexity index is 1530. The Morgan fingerprint density at radius 3 is 2.59 bits per heavy atom. The van der Waals surface area contributed by atoms with Crippen LogP contribution in [0.5, 0.6) is 5.75 Å². The lowest BCUT2D eigenvalue weighted by molar-refractivity contribution is -0.146. The second-order valence-corrected chi connectivity index (χ2v) is 11.5. The van der Waals surface area contributed by atoms with Gasteiger partial charge in [-0.05, 0) is 31.5 Å². The summed E-state index contributed by atoms with van der Waals surface area (Å²) in [5.41, 5.74) is -3.45. The number of halogens is 2. The Balaban J connectivity index is 1.50. The van der Waals surface area contributed by atoms with Gasteiger partial charge in [-0.1, -0.05) is 54.1 Å². The Kier molecular flexibility index (Phi) is 9.48. The highest BCUT2D eigenvalue weighted by atomic mass is 35.5. The normalized spacial score (nSPS) is 24.4. The topological polar surface area (TPSA) is 158 Å². The second-order valence-electron chi connectivity index (χ2n) is 9.40. The van der Waals surface area contributed by atoms with Crippen molar-refractivity contribution in [2.24, 2.45) is 0 Å². The summed E-state index contributed by atoms with van der Waals surface area (Å²) in [6.45, 7) is 1.64. The Morgan fingerprint density at radius 1 is 1.22 bits per heavy atom. The van der Waals surface area contributed by atoms with E-state index >= 15 is 4.39 Å². The molecule has 1 fully saturated rings. The summed E-state index contributed by atoms with van der Waals surface area (Å²) in [7, 11) is -4.47. The zero-order valence-electron chi connectivity index (χ0n) is 21.9. The van der Waals surface area contributed by atoms with E-state index in [2.05, 4.69) is 5.09 Å². The number of nitrogens with zero attached hydrogens (tertiary/aromatic N) is 1. The largest absolute Gasteiger partial charge is 0.460 e. The number of para-hydroxylation sites is 1. The Labute approximate surface area is 238 Å². The fourth-order valence-corrected chi connectivity index (χ4v) is 5.77. The number of hydrogen-bond donors (Lipinski definition) is 3. The number of aromatic nitrogens is 2. The summed E-state index contributed by atoms with van der Waals surface area (Å²) < 4.78 is 52.1. The molecule has 2 heterocycles. The van der Waals surface area contributed by atoms with Crippen LogP contribution in [0, 0.1) is 0 Å². The SMILES string of the molecule is C[C@H](NP(=O)(OC[C@H]1O[C@@H](n2ccc(=O)[nH]c2=O)C(C)(F)[C@@H]1O)Oc1ccccc1Cl)C(=O)OCc1ccccc1. The zero-order chi connectivity index (χ0) is 29.8. The van der Waals surface area contributed by atoms with E-state index in [0.717, 1.165) is 29.3 Å². The molecule has 1 aliphatic heterocycles. The van der Waals surface area contributed by atoms with Gasteiger partial charge in [-0.25, -0.2) is 13.8 Å². The van der Waals surface area contributed by atoms with E-state index in [0.29, 0.717) is 0 Å². The van der Waals surface area contributed by atoms with Crippen molar-refractivity contribution in [1.82, 2.24) is 14.6 Å². The average molecular weight is 612 g/mol. The van der Waals surface area contributed by atoms with Crippen molar-refractivity contribution in [2.75, 3.05) is 6.61 Å². The maximum Gasteiger partial charge on any atom is 0.459 e. The first kappa shape index (κ1) is 30.6. The number of rotatable bonds is 11. The quantitative estimate of drug-likeness (QED) is 0.217. The average Bonchev–Trinajstić information content (AvgIpc) is 3.16. The van der Waals surface area contributed by atoms with Gasteiger partial charge in [0.25, 0.3) is 5.56 Å². The highest BCUT2D eigenvalue weighted by Gasteiger charge is 2.56. The van der Waals surface area contributed by atoms with Crippen molar-refractivity contribution in [3.8, 4) is 5.75 Å². The fraction of sp³-hybridized carbons (Fsp3) is 0.346. The molecular formula is C26H28ClFN3O9P. The van der Waals surface area contributed by atoms with E-state index in [4.69, 9.17) is 30.1 Å². The van der Waals surface area contributed by atoms with Gasteiger partial charge in [-0.2, -0.15) is 5.09 Å². The molecule has 3 aromatic rings. The van der Waals surface area contributed by atoms with Crippen LogP contribution in [-0.4, -0.2) is 51.2 Å². The van der Waals surface area contributed by atoms with E-state index in [1.165, 1.54) is 19.1 Å². The maximum atomic E-state index is 15.6. The predicted molar refractivity (Wildman–Crippen MR) is 145 cm³/mol. The molecule has 2 aromatic carbocycles. The first-order valence-electron chi connectivity index (χ1n) is 12.4. The molecule has 0 amide bonds. The number of carbonyl (C=O) groups excluding carboxylic acids is 1. The molecule has 1 aliphatic rings. The Morgan fingerprint density at radius 2 is 1.90 bits per heavy atom. The van der Waals surface area contributed by atoms with Gasteiger partial charge >= 0.3 is 19.4 Å². The van der Waals surface area contributed by atoms with Crippen LogP contribution in [0.2, 0.25) is 5.02 Å². The minimum absolute atomic E-state index is 0.0368. The standard InChI is InChI=1S/C26H28ClFN3O9P/c1-16(23(34)37-14-17-8-4-3-5-9-17)30-41(36,40-19-11-7-6-10-18(19)27)38-15-20-22(33)26(2,28)24(39-20)31-13-12-21(32)29-25(31)35/h3-13,16,20,22,24,33H,14-15H2,1-2H3,(H,30,36)(H,29,32,35)/t16-,20+,22+,24+,26?,41?/m0/s1. The number of H-pyrrole nitrogens is 1. The third kappa shape index (κ3) is 7.31. The lowest BCUT2D eigenvalue weighted by atomic mass is 9.98. The molecular weight excluding hydrogens is 584 g/mol. The van der Waals surface area contributed by atoms with Gasteiger partial charge < -0.3 is 19.1 Å². The van der Waals surface area contributed by atoms with Crippen LogP contribution < -0.4 is 20.9 Å². The van der Waals surface area contributed by atoms with Crippen molar-refractivity contribution in [3.63, 3.8) is 0 Å². The summed E-state index contributed by atoms with van der Waals surface area (Å²) in [4.78, 5) is 38.3. The summed E-state index contributed by atoms with van der Waals surface area (Å²) in [6.07, 6.45) is -3.93. The van der Waals surface area contributed by atoms with E-state index < -0.39 is 61.7 Å². The molecule has 4 rings (SSSR count). The number of hydrogen-bond acceptors (Lipinski definition) is 9. The van der Waals surface area contributed by atoms with Gasteiger partial charge in [0.2, 0.25) is 0 Å². The number of benzene rings is 2. The van der Waals surface area contributed by atoms with E-state index in [1.54, 1.807) is 36.4 Å². The molecule has 1 aromatic heterocycles. The third-order valence-electron chi connectivity index (χ3n) is 6.21. The second kappa shape index (κ2) is 12.7. The summed E-state index contributed by atoms with van der Waals surface area (Å²) in [6, 6.07) is 14.8. The van der Waals surface area contributed by atoms with Crippen molar-refractivity contribution in [3.05, 3.63) is 98.3 Å². The highest BCUT2D eigenvalue weighted by Crippen LogP contribution is 2.48. The number of aliphatic hydroxyl groups excluding tert-OH is 1. The maximum absolute atomic E-state index is 15.6. The number of ether oxygens (including phenoxy) is 2. The Hall–Kier alpha value is -3.32. The molecule has 12 nitrogen and oxygen atoms in total. The van der Waals surface area contributed by atoms with Gasteiger partial charge in [-0.15, -0.1) is 0 Å². The predicted octanol–water partition coefficient (Wildman–Crippen LogP) is 3.10. The molecule has 0 bridgehead atoms. The van der Waals surface area contributed by atoms with Crippen molar-refractivity contribution in [2.45, 2.75) is 50.6 Å². The third-order valence-corrected chi connectivity index (χ3v) is 8.16. The van der Waals surface area contributed by atoms with Gasteiger partial charge in [0, 0.05) is 12.3 Å². The van der Waals surface area contributed by atoms with Crippen LogP contribution in [0.4, 0.5) is 4.39 Å². The molecule has 6 atom stereocenters. The summed E-state index contributed by atoms with van der Waals surface area (Å²) in [5, 5.41) is 13.2. The number of nitrogens with one attached hydrogen (secondary N) is 2. The molecule has 0 radical (unpaired) electrons. The summed E-state index contributed by atoms with van der Waals surface area (Å²) in [5.74, 6) is -0.817. The summed E-state index contributed by atoms with van der Waals surface area (Å²) >= 11 is 6.15. The minimum Gasteiger partial charge on any atom is -0.460 e. The number of esters is 1. The van der Waals surface area contributed by atoms with Crippen molar-refractivity contribution in [1.29, 1.82) is 0 Å². The van der Waals surface area contributed by atoms with Crippen LogP contribution in [0.3, 0.4) is 0 Å². The van der Waals surface area contributed by atoms with E-state index in [1.807, 2.05) is 11.1 Å². The molecule has 0 spiro atoms. The van der Waals surface area contributed by atoms with Crippen LogP contribution >= 0.6 is 19.3 Å². The van der Waals surface area contributed by atoms with E-state index in [-0.39, 0.29) is 17.4 Å². The number of aliphatic hydroxyl groups is 1. The van der Waals surface area contributed by atoms with Crippen molar-refractivity contribution >= 4 is 25.3 Å². The first-order valence-corrected chi connectivity index (χ1v) is 14.3. The van der Waals surface area contributed by atoms with Crippen LogP contribution in [-0.2, 0) is 30.0 Å². The molecule has 2 unspecified atom stereocenters. The van der Waals surface area contributed by atoms with Gasteiger partial charge in [0.15, 0.2) is 11.9 Å². The lowest BCUT2D eigenvalue weighted by Gasteiger charge is -2.25. The molecule has 1 saturated heterocycles. The minimum atomic E-state index is -4.47. The van der Waals surface area contributed by atoms with E-state index in [9.17, 15) is 24.1 Å². The molecule has 15 heteroatoms. The number of aromatic amines is 1. The molecule has 0 saturated carbocycles. The zero-order valence-corrected chi connectivity index (χ0v) is 23.6. The van der Waals surface area contributed by atoms with Gasteiger partial charge in [-0.3, -0.25) is 23.7 Å². The number of carbonyl (C=O) groups is 1. The van der Waals surface area contributed by atoms with Crippen LogP contribution in [0.1, 0.15) is 25.6 Å². The van der Waals surface area contributed by atoms with Crippen molar-refractivity contribution < 1.29 is 37.4 Å². The molecule has 0 aliphatic carbocycles. The molecule has 41 heavy (non-hydrogen) atoms. The van der Waals surface area contributed by atoms with Crippen LogP contribution in [0.15, 0.2) is 76.4 Å². The monoisotopic (exact) mass is 611 g/mol. The lowest BCUT2D eigenvalue weighted by Crippen LogP contribution is -2.43. The smallest absolute Gasteiger partial charge is 0.459 e. The number of alkyl halides is 1. The molecule has 220 valence electrons. The first-order chi connectivity index (χ1) is 19.4. The molecule has 3 N–H and O–H groups in total. The van der Waals surface area contributed by atoms with Crippen LogP contribution in [0.25, 0.3) is 0 Å². The fourth-order valence-electron chi connectivity index (χ4n) is 4.02. The van der Waals surface area contributed by atoms with Gasteiger partial charge in [0.05, 0.1) is 11.6 Å². The highest BCUT2D eigenvalue weighted by molar-refractivity contribution is 7.52. The van der Waals surface area contributed by atoms with Gasteiger partial charge in [0.1, 0.15) is 30.6 Å².